The first-order valence-electron chi connectivity index (χ1n) is 6.05. The molecule has 0 N–H and O–H groups in total. The highest BCUT2D eigenvalue weighted by atomic mass is 16.5. The van der Waals surface area contributed by atoms with Crippen molar-refractivity contribution >= 4 is 5.97 Å². The van der Waals surface area contributed by atoms with Crippen molar-refractivity contribution in [3.63, 3.8) is 0 Å². The SMILES string of the molecule is O=C1OCC2=C1/C=C\CC1(/C=C\2)CCCC1. The molecule has 3 aliphatic rings. The Hall–Kier alpha value is -1.31. The summed E-state index contributed by atoms with van der Waals surface area (Å²) in [5, 5.41) is 0. The van der Waals surface area contributed by atoms with Gasteiger partial charge in [0.2, 0.25) is 0 Å². The maximum absolute atomic E-state index is 11.4. The predicted molar refractivity (Wildman–Crippen MR) is 61.8 cm³/mol. The van der Waals surface area contributed by atoms with Crippen LogP contribution >= 0.6 is 0 Å². The Bertz CT molecular complexity index is 406. The maximum atomic E-state index is 11.4. The lowest BCUT2D eigenvalue weighted by atomic mass is 9.80. The van der Waals surface area contributed by atoms with Gasteiger partial charge in [0.25, 0.3) is 0 Å². The van der Waals surface area contributed by atoms with E-state index in [2.05, 4.69) is 18.2 Å². The summed E-state index contributed by atoms with van der Waals surface area (Å²) < 4.78 is 5.05. The summed E-state index contributed by atoms with van der Waals surface area (Å²) in [6.07, 6.45) is 14.8. The van der Waals surface area contributed by atoms with Crippen molar-refractivity contribution in [3.8, 4) is 0 Å². The molecule has 0 aromatic rings. The highest BCUT2D eigenvalue weighted by molar-refractivity contribution is 5.95. The van der Waals surface area contributed by atoms with Crippen LogP contribution < -0.4 is 0 Å². The van der Waals surface area contributed by atoms with Crippen molar-refractivity contribution in [1.82, 2.24) is 0 Å². The van der Waals surface area contributed by atoms with E-state index >= 15 is 0 Å². The monoisotopic (exact) mass is 216 g/mol. The van der Waals surface area contributed by atoms with E-state index in [0.29, 0.717) is 12.0 Å². The minimum Gasteiger partial charge on any atom is -0.457 e. The summed E-state index contributed by atoms with van der Waals surface area (Å²) in [6, 6.07) is 0. The number of ether oxygens (including phenoxy) is 1. The largest absolute Gasteiger partial charge is 0.457 e. The predicted octanol–water partition coefficient (Wildman–Crippen LogP) is 2.92. The molecule has 0 atom stereocenters. The summed E-state index contributed by atoms with van der Waals surface area (Å²) >= 11 is 0. The van der Waals surface area contributed by atoms with E-state index in [1.165, 1.54) is 25.7 Å². The smallest absolute Gasteiger partial charge is 0.338 e. The molecule has 2 nitrogen and oxygen atoms in total. The highest BCUT2D eigenvalue weighted by Gasteiger charge is 2.32. The quantitative estimate of drug-likeness (QED) is 0.582. The first-order valence-corrected chi connectivity index (χ1v) is 6.05. The third kappa shape index (κ3) is 1.53. The number of carbonyl (C=O) groups is 1. The zero-order valence-corrected chi connectivity index (χ0v) is 9.37. The Balaban J connectivity index is 1.95. The van der Waals surface area contributed by atoms with Gasteiger partial charge in [0.1, 0.15) is 6.61 Å². The number of esters is 1. The second-order valence-corrected chi connectivity index (χ2v) is 5.02. The average Bonchev–Trinajstić information content (AvgIpc) is 2.83. The van der Waals surface area contributed by atoms with Gasteiger partial charge in [-0.3, -0.25) is 0 Å². The second-order valence-electron chi connectivity index (χ2n) is 5.02. The number of hydrogen-bond donors (Lipinski definition) is 0. The second kappa shape index (κ2) is 3.62. The Morgan fingerprint density at radius 2 is 2.00 bits per heavy atom. The third-order valence-corrected chi connectivity index (χ3v) is 3.97. The highest BCUT2D eigenvalue weighted by Crippen LogP contribution is 2.44. The van der Waals surface area contributed by atoms with Gasteiger partial charge in [0.15, 0.2) is 0 Å². The molecule has 84 valence electrons. The fourth-order valence-corrected chi connectivity index (χ4v) is 2.95. The van der Waals surface area contributed by atoms with Gasteiger partial charge in [-0.25, -0.2) is 4.79 Å². The van der Waals surface area contributed by atoms with Gasteiger partial charge in [0, 0.05) is 5.57 Å². The molecule has 0 aromatic carbocycles. The fourth-order valence-electron chi connectivity index (χ4n) is 2.95. The molecule has 16 heavy (non-hydrogen) atoms. The van der Waals surface area contributed by atoms with Crippen LogP contribution in [0.4, 0.5) is 0 Å². The molecule has 0 aromatic heterocycles. The number of hydrogen-bond acceptors (Lipinski definition) is 2. The molecule has 1 aliphatic heterocycles. The molecule has 2 aliphatic carbocycles. The van der Waals surface area contributed by atoms with Gasteiger partial charge in [0.05, 0.1) is 5.57 Å². The summed E-state index contributed by atoms with van der Waals surface area (Å²) in [6.45, 7) is 0.449. The standard InChI is InChI=1S/C14H16O2/c15-13-12-4-3-8-14(6-1-2-7-14)9-5-11(12)10-16-13/h3-5,9H,1-2,6-8,10H2/b4-3-,9-5-. The number of carbonyl (C=O) groups excluding carboxylic acids is 1. The van der Waals surface area contributed by atoms with Crippen LogP contribution in [0.25, 0.3) is 0 Å². The molecule has 0 saturated heterocycles. The van der Waals surface area contributed by atoms with Crippen molar-refractivity contribution in [2.45, 2.75) is 32.1 Å². The van der Waals surface area contributed by atoms with E-state index in [0.717, 1.165) is 17.6 Å². The number of rotatable bonds is 0. The van der Waals surface area contributed by atoms with Crippen LogP contribution in [-0.4, -0.2) is 12.6 Å². The van der Waals surface area contributed by atoms with Crippen LogP contribution in [0.3, 0.4) is 0 Å². The maximum Gasteiger partial charge on any atom is 0.338 e. The average molecular weight is 216 g/mol. The molecular weight excluding hydrogens is 200 g/mol. The normalized spacial score (nSPS) is 30.9. The van der Waals surface area contributed by atoms with Crippen molar-refractivity contribution in [1.29, 1.82) is 0 Å². The van der Waals surface area contributed by atoms with Crippen LogP contribution in [0, 0.1) is 5.41 Å². The number of allylic oxidation sites excluding steroid dienone is 2. The topological polar surface area (TPSA) is 26.3 Å². The van der Waals surface area contributed by atoms with Gasteiger partial charge in [-0.15, -0.1) is 0 Å². The Morgan fingerprint density at radius 1 is 1.19 bits per heavy atom. The van der Waals surface area contributed by atoms with Crippen molar-refractivity contribution in [3.05, 3.63) is 35.5 Å². The van der Waals surface area contributed by atoms with Crippen molar-refractivity contribution in [2.24, 2.45) is 5.41 Å². The first kappa shape index (κ1) is 9.88. The molecule has 0 bridgehead atoms. The molecule has 1 fully saturated rings. The zero-order valence-electron chi connectivity index (χ0n) is 9.37. The fraction of sp³-hybridized carbons (Fsp3) is 0.500. The van der Waals surface area contributed by atoms with Gasteiger partial charge in [-0.05, 0) is 24.7 Å². The third-order valence-electron chi connectivity index (χ3n) is 3.97. The Labute approximate surface area is 95.7 Å². The van der Waals surface area contributed by atoms with Crippen molar-refractivity contribution in [2.75, 3.05) is 6.61 Å². The minimum absolute atomic E-state index is 0.168. The van der Waals surface area contributed by atoms with Gasteiger partial charge < -0.3 is 4.74 Å². The molecular formula is C14H16O2. The molecule has 0 radical (unpaired) electrons. The summed E-state index contributed by atoms with van der Waals surface area (Å²) in [5.41, 5.74) is 2.16. The molecule has 0 unspecified atom stereocenters. The van der Waals surface area contributed by atoms with Crippen LogP contribution in [0.5, 0.6) is 0 Å². The van der Waals surface area contributed by atoms with E-state index in [4.69, 9.17) is 4.74 Å². The van der Waals surface area contributed by atoms with E-state index in [9.17, 15) is 4.79 Å². The lowest BCUT2D eigenvalue weighted by Gasteiger charge is -2.24. The van der Waals surface area contributed by atoms with Crippen LogP contribution in [0.15, 0.2) is 35.5 Å². The van der Waals surface area contributed by atoms with E-state index in [1.54, 1.807) is 0 Å². The van der Waals surface area contributed by atoms with Gasteiger partial charge >= 0.3 is 5.97 Å². The lowest BCUT2D eigenvalue weighted by molar-refractivity contribution is -0.135. The molecule has 1 heterocycles. The van der Waals surface area contributed by atoms with Gasteiger partial charge in [-0.1, -0.05) is 37.1 Å². The lowest BCUT2D eigenvalue weighted by Crippen LogP contribution is -2.12. The molecule has 2 heteroatoms. The van der Waals surface area contributed by atoms with E-state index < -0.39 is 0 Å². The minimum atomic E-state index is -0.168. The van der Waals surface area contributed by atoms with Crippen LogP contribution in [0.2, 0.25) is 0 Å². The van der Waals surface area contributed by atoms with E-state index in [-0.39, 0.29) is 5.97 Å². The molecule has 0 amide bonds. The van der Waals surface area contributed by atoms with Crippen molar-refractivity contribution < 1.29 is 9.53 Å². The Morgan fingerprint density at radius 3 is 2.81 bits per heavy atom. The molecule has 1 spiro atoms. The molecule has 1 saturated carbocycles. The van der Waals surface area contributed by atoms with E-state index in [1.807, 2.05) is 6.08 Å². The van der Waals surface area contributed by atoms with Crippen LogP contribution in [-0.2, 0) is 9.53 Å². The van der Waals surface area contributed by atoms with Gasteiger partial charge in [-0.2, -0.15) is 0 Å². The molecule has 3 rings (SSSR count). The number of cyclic esters (lactones) is 1. The van der Waals surface area contributed by atoms with Crippen LogP contribution in [0.1, 0.15) is 32.1 Å². The summed E-state index contributed by atoms with van der Waals surface area (Å²) in [4.78, 5) is 11.4. The zero-order chi connectivity index (χ0) is 11.0. The summed E-state index contributed by atoms with van der Waals surface area (Å²) in [7, 11) is 0. The summed E-state index contributed by atoms with van der Waals surface area (Å²) in [5.74, 6) is -0.168. The Kier molecular flexibility index (Phi) is 2.23. The first-order chi connectivity index (χ1) is 7.79.